The van der Waals surface area contributed by atoms with Gasteiger partial charge in [-0.15, -0.1) is 0 Å². The molecule has 0 aromatic heterocycles. The maximum absolute atomic E-state index is 12.2. The highest BCUT2D eigenvalue weighted by Crippen LogP contribution is 2.24. The highest BCUT2D eigenvalue weighted by molar-refractivity contribution is 6.32. The van der Waals surface area contributed by atoms with E-state index in [9.17, 15) is 4.79 Å². The molecule has 5 nitrogen and oxygen atoms in total. The van der Waals surface area contributed by atoms with Crippen molar-refractivity contribution in [1.29, 1.82) is 5.26 Å². The molecule has 6 heteroatoms. The Bertz CT molecular complexity index is 587. The largest absolute Gasteiger partial charge is 0.369 e. The van der Waals surface area contributed by atoms with Gasteiger partial charge in [-0.3, -0.25) is 9.69 Å². The Labute approximate surface area is 143 Å². The number of hydrogen-bond donors (Lipinski definition) is 0. The number of halogens is 1. The average molecular weight is 335 g/mol. The first kappa shape index (κ1) is 17.6. The van der Waals surface area contributed by atoms with E-state index in [-0.39, 0.29) is 5.91 Å². The third-order valence-corrected chi connectivity index (χ3v) is 4.60. The number of piperazine rings is 1. The summed E-state index contributed by atoms with van der Waals surface area (Å²) < 4.78 is 0. The van der Waals surface area contributed by atoms with E-state index in [2.05, 4.69) is 15.9 Å². The van der Waals surface area contributed by atoms with E-state index in [4.69, 9.17) is 16.9 Å². The van der Waals surface area contributed by atoms with Crippen LogP contribution in [0.25, 0.3) is 0 Å². The van der Waals surface area contributed by atoms with Gasteiger partial charge in [0.15, 0.2) is 0 Å². The second-order valence-corrected chi connectivity index (χ2v) is 6.01. The zero-order valence-electron chi connectivity index (χ0n) is 13.8. The van der Waals surface area contributed by atoms with E-state index >= 15 is 0 Å². The number of carbonyl (C=O) groups is 1. The van der Waals surface area contributed by atoms with Gasteiger partial charge in [0.25, 0.3) is 0 Å². The number of rotatable bonds is 5. The Hall–Kier alpha value is -1.77. The molecule has 0 radical (unpaired) electrons. The minimum Gasteiger partial charge on any atom is -0.369 e. The molecule has 1 aromatic carbocycles. The Morgan fingerprint density at radius 2 is 1.91 bits per heavy atom. The number of anilines is 1. The topological polar surface area (TPSA) is 50.6 Å². The summed E-state index contributed by atoms with van der Waals surface area (Å²) in [5.74, 6) is 0.199. The van der Waals surface area contributed by atoms with Gasteiger partial charge in [-0.25, -0.2) is 0 Å². The summed E-state index contributed by atoms with van der Waals surface area (Å²) in [4.78, 5) is 18.5. The molecule has 1 aliphatic heterocycles. The summed E-state index contributed by atoms with van der Waals surface area (Å²) in [6.07, 6.45) is 0. The van der Waals surface area contributed by atoms with Crippen LogP contribution in [0.1, 0.15) is 19.4 Å². The van der Waals surface area contributed by atoms with E-state index in [1.54, 1.807) is 6.07 Å². The second kappa shape index (κ2) is 8.19. The monoisotopic (exact) mass is 334 g/mol. The maximum atomic E-state index is 12.2. The van der Waals surface area contributed by atoms with Crippen molar-refractivity contribution in [3.63, 3.8) is 0 Å². The standard InChI is InChI=1S/C17H23ClN4O/c1-3-21(4-2)17(23)13-20-7-9-22(10-8-20)15-6-5-14(12-19)16(18)11-15/h5-6,11H,3-4,7-10,13H2,1-2H3. The smallest absolute Gasteiger partial charge is 0.236 e. The zero-order chi connectivity index (χ0) is 16.8. The normalized spacial score (nSPS) is 15.3. The first-order valence-electron chi connectivity index (χ1n) is 8.03. The number of nitriles is 1. The van der Waals surface area contributed by atoms with Gasteiger partial charge < -0.3 is 9.80 Å². The molecule has 0 atom stereocenters. The minimum atomic E-state index is 0.199. The van der Waals surface area contributed by atoms with Gasteiger partial charge in [-0.1, -0.05) is 11.6 Å². The van der Waals surface area contributed by atoms with Crippen LogP contribution >= 0.6 is 11.6 Å². The summed E-state index contributed by atoms with van der Waals surface area (Å²) in [6.45, 7) is 9.44. The third kappa shape index (κ3) is 4.37. The highest BCUT2D eigenvalue weighted by atomic mass is 35.5. The van der Waals surface area contributed by atoms with Crippen LogP contribution in [0.5, 0.6) is 0 Å². The molecule has 1 saturated heterocycles. The van der Waals surface area contributed by atoms with Crippen molar-refractivity contribution < 1.29 is 4.79 Å². The fourth-order valence-corrected chi connectivity index (χ4v) is 3.04. The van der Waals surface area contributed by atoms with Crippen molar-refractivity contribution in [3.8, 4) is 6.07 Å². The first-order chi connectivity index (χ1) is 11.1. The minimum absolute atomic E-state index is 0.199. The summed E-state index contributed by atoms with van der Waals surface area (Å²) >= 11 is 6.10. The molecule has 2 rings (SSSR count). The average Bonchev–Trinajstić information content (AvgIpc) is 2.56. The maximum Gasteiger partial charge on any atom is 0.236 e. The molecule has 1 amide bonds. The van der Waals surface area contributed by atoms with Gasteiger partial charge in [0.05, 0.1) is 17.1 Å². The van der Waals surface area contributed by atoms with Crippen molar-refractivity contribution in [2.75, 3.05) is 50.7 Å². The lowest BCUT2D eigenvalue weighted by Crippen LogP contribution is -2.50. The molecular weight excluding hydrogens is 312 g/mol. The molecular formula is C17H23ClN4O. The molecule has 124 valence electrons. The summed E-state index contributed by atoms with van der Waals surface area (Å²) in [7, 11) is 0. The first-order valence-corrected chi connectivity index (χ1v) is 8.41. The molecule has 0 unspecified atom stereocenters. The number of nitrogens with zero attached hydrogens (tertiary/aromatic N) is 4. The van der Waals surface area contributed by atoms with Crippen LogP contribution in [0.3, 0.4) is 0 Å². The van der Waals surface area contributed by atoms with E-state index in [0.29, 0.717) is 17.1 Å². The van der Waals surface area contributed by atoms with E-state index in [0.717, 1.165) is 45.0 Å². The van der Waals surface area contributed by atoms with Crippen molar-refractivity contribution in [1.82, 2.24) is 9.80 Å². The fourth-order valence-electron chi connectivity index (χ4n) is 2.82. The van der Waals surface area contributed by atoms with E-state index in [1.807, 2.05) is 30.9 Å². The fraction of sp³-hybridized carbons (Fsp3) is 0.529. The number of hydrogen-bond acceptors (Lipinski definition) is 4. The van der Waals surface area contributed by atoms with Crippen LogP contribution < -0.4 is 4.90 Å². The molecule has 1 aromatic rings. The molecule has 0 N–H and O–H groups in total. The van der Waals surface area contributed by atoms with E-state index in [1.165, 1.54) is 0 Å². The van der Waals surface area contributed by atoms with Crippen LogP contribution in [0.15, 0.2) is 18.2 Å². The zero-order valence-corrected chi connectivity index (χ0v) is 14.5. The Kier molecular flexibility index (Phi) is 6.26. The number of amides is 1. The molecule has 0 aliphatic carbocycles. The van der Waals surface area contributed by atoms with Crippen LogP contribution in [-0.4, -0.2) is 61.5 Å². The lowest BCUT2D eigenvalue weighted by atomic mass is 10.2. The van der Waals surface area contributed by atoms with Gasteiger partial charge in [0, 0.05) is 45.0 Å². The molecule has 1 aliphatic rings. The van der Waals surface area contributed by atoms with Crippen LogP contribution in [0.2, 0.25) is 5.02 Å². The van der Waals surface area contributed by atoms with Gasteiger partial charge >= 0.3 is 0 Å². The molecule has 0 saturated carbocycles. The predicted octanol–water partition coefficient (Wildman–Crippen LogP) is 2.20. The van der Waals surface area contributed by atoms with Crippen LogP contribution in [0, 0.1) is 11.3 Å². The van der Waals surface area contributed by atoms with Gasteiger partial charge in [-0.2, -0.15) is 5.26 Å². The lowest BCUT2D eigenvalue weighted by Gasteiger charge is -2.36. The highest BCUT2D eigenvalue weighted by Gasteiger charge is 2.21. The van der Waals surface area contributed by atoms with Gasteiger partial charge in [0.2, 0.25) is 5.91 Å². The second-order valence-electron chi connectivity index (χ2n) is 5.61. The summed E-state index contributed by atoms with van der Waals surface area (Å²) in [5, 5.41) is 9.42. The summed E-state index contributed by atoms with van der Waals surface area (Å²) in [5.41, 5.74) is 1.53. The molecule has 0 bridgehead atoms. The van der Waals surface area contributed by atoms with Crippen molar-refractivity contribution in [3.05, 3.63) is 28.8 Å². The van der Waals surface area contributed by atoms with Crippen molar-refractivity contribution >= 4 is 23.2 Å². The lowest BCUT2D eigenvalue weighted by molar-refractivity contribution is -0.132. The van der Waals surface area contributed by atoms with Crippen molar-refractivity contribution in [2.45, 2.75) is 13.8 Å². The molecule has 1 heterocycles. The van der Waals surface area contributed by atoms with Crippen LogP contribution in [0.4, 0.5) is 5.69 Å². The third-order valence-electron chi connectivity index (χ3n) is 4.29. The van der Waals surface area contributed by atoms with E-state index < -0.39 is 0 Å². The predicted molar refractivity (Wildman–Crippen MR) is 92.7 cm³/mol. The number of benzene rings is 1. The Morgan fingerprint density at radius 1 is 1.26 bits per heavy atom. The molecule has 0 spiro atoms. The molecule has 23 heavy (non-hydrogen) atoms. The summed E-state index contributed by atoms with van der Waals surface area (Å²) in [6, 6.07) is 7.61. The van der Waals surface area contributed by atoms with Gasteiger partial charge in [-0.05, 0) is 32.0 Å². The molecule has 1 fully saturated rings. The number of carbonyl (C=O) groups excluding carboxylic acids is 1. The van der Waals surface area contributed by atoms with Gasteiger partial charge in [0.1, 0.15) is 6.07 Å². The Morgan fingerprint density at radius 3 is 2.43 bits per heavy atom. The van der Waals surface area contributed by atoms with Crippen LogP contribution in [-0.2, 0) is 4.79 Å². The van der Waals surface area contributed by atoms with Crippen molar-refractivity contribution in [2.24, 2.45) is 0 Å². The quantitative estimate of drug-likeness (QED) is 0.828. The number of likely N-dealkylation sites (N-methyl/N-ethyl adjacent to an activating group) is 1. The SMILES string of the molecule is CCN(CC)C(=O)CN1CCN(c2ccc(C#N)c(Cl)c2)CC1. The Balaban J connectivity index is 1.90.